The summed E-state index contributed by atoms with van der Waals surface area (Å²) in [6, 6.07) is 15.5. The third-order valence-electron chi connectivity index (χ3n) is 4.59. The highest BCUT2D eigenvalue weighted by molar-refractivity contribution is 5.87. The van der Waals surface area contributed by atoms with Crippen LogP contribution in [-0.4, -0.2) is 39.9 Å². The smallest absolute Gasteiger partial charge is 0.353 e. The van der Waals surface area contributed by atoms with Crippen molar-refractivity contribution >= 4 is 11.6 Å². The third kappa shape index (κ3) is 3.20. The number of fused-ring (bicyclic) bond motifs is 1. The number of nitrogens with zero attached hydrogens (tertiary/aromatic N) is 2. The maximum Gasteiger partial charge on any atom is 0.353 e. The number of carboxylic acid groups (broad SMARTS) is 1. The summed E-state index contributed by atoms with van der Waals surface area (Å²) < 4.78 is 11.5. The molecule has 8 heteroatoms. The zero-order valence-electron chi connectivity index (χ0n) is 15.7. The van der Waals surface area contributed by atoms with Crippen LogP contribution >= 0.6 is 0 Å². The minimum atomic E-state index is -1.17. The second-order valence-electron chi connectivity index (χ2n) is 6.27. The van der Waals surface area contributed by atoms with Crippen molar-refractivity contribution in [2.45, 2.75) is 0 Å². The van der Waals surface area contributed by atoms with Gasteiger partial charge in [-0.3, -0.25) is 9.89 Å². The molecule has 0 bridgehead atoms. The van der Waals surface area contributed by atoms with Crippen molar-refractivity contribution in [3.8, 4) is 33.9 Å². The summed E-state index contributed by atoms with van der Waals surface area (Å²) in [7, 11) is 3.13. The van der Waals surface area contributed by atoms with E-state index in [1.54, 1.807) is 62.8 Å². The fourth-order valence-corrected chi connectivity index (χ4v) is 3.11. The van der Waals surface area contributed by atoms with E-state index in [0.717, 1.165) is 4.52 Å². The minimum Gasteiger partial charge on any atom is -0.497 e. The van der Waals surface area contributed by atoms with Gasteiger partial charge >= 0.3 is 5.97 Å². The van der Waals surface area contributed by atoms with Crippen LogP contribution in [0.5, 0.6) is 11.5 Å². The predicted molar refractivity (Wildman–Crippen MR) is 107 cm³/mol. The van der Waals surface area contributed by atoms with Crippen molar-refractivity contribution < 1.29 is 19.4 Å². The first kappa shape index (κ1) is 18.3. The van der Waals surface area contributed by atoms with Crippen molar-refractivity contribution in [2.75, 3.05) is 14.2 Å². The number of aromatic carboxylic acids is 1. The summed E-state index contributed by atoms with van der Waals surface area (Å²) in [5.41, 5.74) is 1.81. The van der Waals surface area contributed by atoms with E-state index in [0.29, 0.717) is 33.9 Å². The molecule has 2 aromatic carbocycles. The molecule has 2 aromatic heterocycles. The molecule has 0 spiro atoms. The standard InChI is InChI=1S/C21H17N3O5/c1-28-14-7-3-12(4-8-14)18-19(13-5-9-15(29-2)10-6-13)22-17-11-16(21(26)27)23-24(17)20(18)25/h3-11,23H,1-2H3,(H,26,27). The van der Waals surface area contributed by atoms with Crippen LogP contribution in [-0.2, 0) is 0 Å². The third-order valence-corrected chi connectivity index (χ3v) is 4.59. The second kappa shape index (κ2) is 7.16. The molecule has 0 aliphatic carbocycles. The average molecular weight is 391 g/mol. The Balaban J connectivity index is 2.01. The Morgan fingerprint density at radius 2 is 1.52 bits per heavy atom. The number of carboxylic acids is 1. The van der Waals surface area contributed by atoms with Gasteiger partial charge in [0.1, 0.15) is 17.2 Å². The quantitative estimate of drug-likeness (QED) is 0.542. The summed E-state index contributed by atoms with van der Waals surface area (Å²) in [6.07, 6.45) is 0. The van der Waals surface area contributed by atoms with E-state index in [9.17, 15) is 14.7 Å². The maximum atomic E-state index is 13.3. The van der Waals surface area contributed by atoms with Gasteiger partial charge in [-0.15, -0.1) is 0 Å². The van der Waals surface area contributed by atoms with Crippen molar-refractivity contribution in [3.05, 3.63) is 70.6 Å². The zero-order valence-corrected chi connectivity index (χ0v) is 15.7. The van der Waals surface area contributed by atoms with Crippen molar-refractivity contribution in [2.24, 2.45) is 0 Å². The van der Waals surface area contributed by atoms with E-state index in [2.05, 4.69) is 10.1 Å². The molecule has 0 fully saturated rings. The van der Waals surface area contributed by atoms with Gasteiger partial charge < -0.3 is 14.6 Å². The van der Waals surface area contributed by atoms with Crippen LogP contribution in [0, 0.1) is 0 Å². The number of H-pyrrole nitrogens is 1. The highest BCUT2D eigenvalue weighted by Gasteiger charge is 2.19. The monoisotopic (exact) mass is 391 g/mol. The molecule has 2 N–H and O–H groups in total. The molecule has 0 unspecified atom stereocenters. The lowest BCUT2D eigenvalue weighted by molar-refractivity contribution is 0.0690. The number of hydrogen-bond acceptors (Lipinski definition) is 5. The summed E-state index contributed by atoms with van der Waals surface area (Å²) >= 11 is 0. The summed E-state index contributed by atoms with van der Waals surface area (Å²) in [5, 5.41) is 11.9. The number of hydrogen-bond donors (Lipinski definition) is 2. The molecule has 0 radical (unpaired) electrons. The molecular weight excluding hydrogens is 374 g/mol. The average Bonchev–Trinajstić information content (AvgIpc) is 3.19. The maximum absolute atomic E-state index is 13.3. The number of ether oxygens (including phenoxy) is 2. The number of rotatable bonds is 5. The number of aromatic nitrogens is 3. The van der Waals surface area contributed by atoms with Crippen molar-refractivity contribution in [1.29, 1.82) is 0 Å². The molecule has 8 nitrogen and oxygen atoms in total. The van der Waals surface area contributed by atoms with Crippen molar-refractivity contribution in [3.63, 3.8) is 0 Å². The molecule has 0 atom stereocenters. The van der Waals surface area contributed by atoms with E-state index < -0.39 is 11.5 Å². The Morgan fingerprint density at radius 1 is 0.966 bits per heavy atom. The van der Waals surface area contributed by atoms with Gasteiger partial charge in [0.15, 0.2) is 5.65 Å². The lowest BCUT2D eigenvalue weighted by Crippen LogP contribution is -2.19. The van der Waals surface area contributed by atoms with Crippen LogP contribution in [0.25, 0.3) is 28.0 Å². The topological polar surface area (TPSA) is 106 Å². The van der Waals surface area contributed by atoms with Gasteiger partial charge in [0, 0.05) is 11.6 Å². The number of benzene rings is 2. The van der Waals surface area contributed by atoms with E-state index >= 15 is 0 Å². The van der Waals surface area contributed by atoms with E-state index in [1.165, 1.54) is 6.07 Å². The second-order valence-corrected chi connectivity index (χ2v) is 6.27. The molecule has 0 aliphatic heterocycles. The Hall–Kier alpha value is -4.07. The molecule has 0 amide bonds. The van der Waals surface area contributed by atoms with Gasteiger partial charge in [0.2, 0.25) is 0 Å². The first-order valence-electron chi connectivity index (χ1n) is 8.69. The zero-order chi connectivity index (χ0) is 20.5. The molecule has 0 saturated carbocycles. The van der Waals surface area contributed by atoms with Gasteiger partial charge in [0.25, 0.3) is 5.56 Å². The molecule has 0 saturated heterocycles. The Bertz CT molecular complexity index is 1250. The lowest BCUT2D eigenvalue weighted by atomic mass is 10.00. The Morgan fingerprint density at radius 3 is 2.03 bits per heavy atom. The minimum absolute atomic E-state index is 0.123. The van der Waals surface area contributed by atoms with E-state index in [1.807, 2.05) is 0 Å². The molecule has 0 aliphatic rings. The fourth-order valence-electron chi connectivity index (χ4n) is 3.11. The van der Waals surface area contributed by atoms with Gasteiger partial charge in [-0.25, -0.2) is 14.3 Å². The number of nitrogens with one attached hydrogen (secondary N) is 1. The van der Waals surface area contributed by atoms with Gasteiger partial charge in [-0.2, -0.15) is 0 Å². The van der Waals surface area contributed by atoms with Crippen LogP contribution < -0.4 is 15.0 Å². The lowest BCUT2D eigenvalue weighted by Gasteiger charge is -2.11. The van der Waals surface area contributed by atoms with Crippen LogP contribution in [0.1, 0.15) is 10.5 Å². The number of aromatic amines is 1. The Labute approximate surface area is 165 Å². The first-order valence-corrected chi connectivity index (χ1v) is 8.69. The predicted octanol–water partition coefficient (Wildman–Crippen LogP) is 3.07. The first-order chi connectivity index (χ1) is 14.0. The van der Waals surface area contributed by atoms with Crippen LogP contribution in [0.2, 0.25) is 0 Å². The Kier molecular flexibility index (Phi) is 4.52. The molecule has 29 heavy (non-hydrogen) atoms. The molecule has 2 heterocycles. The van der Waals surface area contributed by atoms with Crippen LogP contribution in [0.15, 0.2) is 59.4 Å². The molecular formula is C21H17N3O5. The normalized spacial score (nSPS) is 10.8. The van der Waals surface area contributed by atoms with Crippen LogP contribution in [0.3, 0.4) is 0 Å². The summed E-state index contributed by atoms with van der Waals surface area (Å²) in [5.74, 6) is 0.154. The SMILES string of the molecule is COc1ccc(-c2nc3cc(C(=O)O)[nH]n3c(=O)c2-c2ccc(OC)cc2)cc1. The highest BCUT2D eigenvalue weighted by Crippen LogP contribution is 2.30. The van der Waals surface area contributed by atoms with Crippen LogP contribution in [0.4, 0.5) is 0 Å². The fraction of sp³-hybridized carbons (Fsp3) is 0.0952. The molecule has 4 rings (SSSR count). The van der Waals surface area contributed by atoms with Gasteiger partial charge in [0.05, 0.1) is 25.5 Å². The van der Waals surface area contributed by atoms with Crippen molar-refractivity contribution in [1.82, 2.24) is 14.6 Å². The van der Waals surface area contributed by atoms with E-state index in [-0.39, 0.29) is 11.3 Å². The molecule has 146 valence electrons. The summed E-state index contributed by atoms with van der Waals surface area (Å²) in [4.78, 5) is 29.2. The number of carbonyl (C=O) groups is 1. The van der Waals surface area contributed by atoms with Gasteiger partial charge in [-0.1, -0.05) is 12.1 Å². The molecule has 4 aromatic rings. The summed E-state index contributed by atoms with van der Waals surface area (Å²) in [6.45, 7) is 0. The van der Waals surface area contributed by atoms with E-state index in [4.69, 9.17) is 9.47 Å². The van der Waals surface area contributed by atoms with Gasteiger partial charge in [-0.05, 0) is 42.0 Å². The highest BCUT2D eigenvalue weighted by atomic mass is 16.5. The number of methoxy groups -OCH3 is 2. The largest absolute Gasteiger partial charge is 0.497 e.